The average Bonchev–Trinajstić information content (AvgIpc) is 2.82. The smallest absolute Gasteiger partial charge is 0.261 e. The van der Waals surface area contributed by atoms with Crippen molar-refractivity contribution in [1.82, 2.24) is 4.90 Å². The fourth-order valence-corrected chi connectivity index (χ4v) is 3.78. The molecule has 152 valence electrons. The van der Waals surface area contributed by atoms with E-state index in [0.29, 0.717) is 16.8 Å². The number of nitrogens with two attached hydrogens (primary N) is 1. The summed E-state index contributed by atoms with van der Waals surface area (Å²) in [4.78, 5) is 41.8. The third-order valence-corrected chi connectivity index (χ3v) is 5.15. The van der Waals surface area contributed by atoms with Crippen LogP contribution in [-0.2, 0) is 4.79 Å². The highest BCUT2D eigenvalue weighted by Crippen LogP contribution is 2.40. The van der Waals surface area contributed by atoms with Crippen LogP contribution in [0.15, 0.2) is 84.9 Å². The number of rotatable bonds is 3. The number of para-hydroxylation sites is 1. The van der Waals surface area contributed by atoms with Crippen LogP contribution in [0.25, 0.3) is 0 Å². The van der Waals surface area contributed by atoms with Crippen molar-refractivity contribution in [2.45, 2.75) is 12.2 Å². The first-order chi connectivity index (χ1) is 15.0. The maximum atomic E-state index is 13.5. The van der Waals surface area contributed by atoms with E-state index in [1.54, 1.807) is 84.9 Å². The lowest BCUT2D eigenvalue weighted by Crippen LogP contribution is -2.63. The SMILES string of the molecule is N#CC1c2ccccc2N(C(=O)c2ccccc2)C(C(N)=O)N1C(=O)c1ccccc1. The van der Waals surface area contributed by atoms with Gasteiger partial charge in [-0.25, -0.2) is 0 Å². The predicted molar refractivity (Wildman–Crippen MR) is 114 cm³/mol. The summed E-state index contributed by atoms with van der Waals surface area (Å²) >= 11 is 0. The number of fused-ring (bicyclic) bond motifs is 1. The lowest BCUT2D eigenvalue weighted by molar-refractivity contribution is -0.123. The molecule has 0 aromatic heterocycles. The summed E-state index contributed by atoms with van der Waals surface area (Å²) in [5.41, 5.74) is 7.13. The van der Waals surface area contributed by atoms with Gasteiger partial charge in [-0.15, -0.1) is 0 Å². The van der Waals surface area contributed by atoms with Crippen molar-refractivity contribution in [2.75, 3.05) is 4.90 Å². The quantitative estimate of drug-likeness (QED) is 0.716. The number of carbonyl (C=O) groups excluding carboxylic acids is 3. The molecule has 4 rings (SSSR count). The van der Waals surface area contributed by atoms with E-state index in [-0.39, 0.29) is 5.56 Å². The van der Waals surface area contributed by atoms with Gasteiger partial charge in [0.15, 0.2) is 6.17 Å². The molecule has 0 saturated heterocycles. The molecule has 2 unspecified atom stereocenters. The summed E-state index contributed by atoms with van der Waals surface area (Å²) in [6, 6.07) is 24.4. The monoisotopic (exact) mass is 410 g/mol. The number of nitrogens with zero attached hydrogens (tertiary/aromatic N) is 3. The molecule has 1 heterocycles. The van der Waals surface area contributed by atoms with Crippen LogP contribution in [0, 0.1) is 11.3 Å². The Morgan fingerprint density at radius 3 is 1.84 bits per heavy atom. The van der Waals surface area contributed by atoms with Gasteiger partial charge >= 0.3 is 0 Å². The average molecular weight is 410 g/mol. The predicted octanol–water partition coefficient (Wildman–Crippen LogP) is 2.87. The van der Waals surface area contributed by atoms with Gasteiger partial charge in [-0.1, -0.05) is 54.6 Å². The van der Waals surface area contributed by atoms with Crippen LogP contribution in [0.1, 0.15) is 32.3 Å². The van der Waals surface area contributed by atoms with Crippen molar-refractivity contribution in [3.05, 3.63) is 102 Å². The van der Waals surface area contributed by atoms with Crippen LogP contribution in [0.2, 0.25) is 0 Å². The van der Waals surface area contributed by atoms with E-state index in [2.05, 4.69) is 6.07 Å². The third kappa shape index (κ3) is 3.40. The molecule has 1 aliphatic rings. The molecule has 0 radical (unpaired) electrons. The van der Waals surface area contributed by atoms with Gasteiger partial charge in [-0.05, 0) is 30.3 Å². The van der Waals surface area contributed by atoms with Crippen LogP contribution in [-0.4, -0.2) is 28.8 Å². The first-order valence-electron chi connectivity index (χ1n) is 9.58. The Morgan fingerprint density at radius 2 is 1.29 bits per heavy atom. The van der Waals surface area contributed by atoms with E-state index < -0.39 is 29.9 Å². The molecule has 0 fully saturated rings. The highest BCUT2D eigenvalue weighted by Gasteiger charge is 2.47. The van der Waals surface area contributed by atoms with Gasteiger partial charge in [-0.2, -0.15) is 5.26 Å². The standard InChI is InChI=1S/C24H18N4O3/c25-15-20-18-13-7-8-14-19(18)27(23(30)16-9-3-1-4-10-16)22(21(26)29)28(20)24(31)17-11-5-2-6-12-17/h1-14,20,22H,(H2,26,29). The van der Waals surface area contributed by atoms with Crippen LogP contribution in [0.4, 0.5) is 5.69 Å². The molecular formula is C24H18N4O3. The summed E-state index contributed by atoms with van der Waals surface area (Å²) in [6.45, 7) is 0. The van der Waals surface area contributed by atoms with Gasteiger partial charge < -0.3 is 5.73 Å². The number of hydrogen-bond acceptors (Lipinski definition) is 4. The molecule has 31 heavy (non-hydrogen) atoms. The molecular weight excluding hydrogens is 392 g/mol. The number of hydrogen-bond donors (Lipinski definition) is 1. The molecule has 3 aromatic rings. The summed E-state index contributed by atoms with van der Waals surface area (Å²) in [6.07, 6.45) is -1.47. The number of carbonyl (C=O) groups is 3. The molecule has 2 atom stereocenters. The number of anilines is 1. The number of primary amides is 1. The zero-order valence-electron chi connectivity index (χ0n) is 16.4. The molecule has 0 saturated carbocycles. The molecule has 7 heteroatoms. The topological polar surface area (TPSA) is 108 Å². The molecule has 0 bridgehead atoms. The lowest BCUT2D eigenvalue weighted by Gasteiger charge is -2.45. The van der Waals surface area contributed by atoms with E-state index in [1.165, 1.54) is 4.90 Å². The second-order valence-electron chi connectivity index (χ2n) is 6.99. The molecule has 0 spiro atoms. The highest BCUT2D eigenvalue weighted by atomic mass is 16.2. The minimum Gasteiger partial charge on any atom is -0.366 e. The van der Waals surface area contributed by atoms with Gasteiger partial charge in [-0.3, -0.25) is 24.2 Å². The summed E-state index contributed by atoms with van der Waals surface area (Å²) in [5.74, 6) is -1.99. The van der Waals surface area contributed by atoms with Gasteiger partial charge in [0.2, 0.25) is 0 Å². The minimum absolute atomic E-state index is 0.278. The number of nitriles is 1. The maximum absolute atomic E-state index is 13.5. The zero-order valence-corrected chi connectivity index (χ0v) is 16.4. The number of benzene rings is 3. The van der Waals surface area contributed by atoms with Crippen LogP contribution in [0.3, 0.4) is 0 Å². The van der Waals surface area contributed by atoms with E-state index >= 15 is 0 Å². The molecule has 0 aliphatic carbocycles. The summed E-state index contributed by atoms with van der Waals surface area (Å²) < 4.78 is 0. The Hall–Kier alpha value is -4.44. The van der Waals surface area contributed by atoms with Crippen molar-refractivity contribution in [3.63, 3.8) is 0 Å². The Balaban J connectivity index is 1.93. The molecule has 2 N–H and O–H groups in total. The van der Waals surface area contributed by atoms with Crippen LogP contribution >= 0.6 is 0 Å². The van der Waals surface area contributed by atoms with Crippen molar-refractivity contribution >= 4 is 23.4 Å². The van der Waals surface area contributed by atoms with Gasteiger partial charge in [0.1, 0.15) is 6.04 Å². The number of amides is 3. The first-order valence-corrected chi connectivity index (χ1v) is 9.58. The van der Waals surface area contributed by atoms with Gasteiger partial charge in [0, 0.05) is 16.7 Å². The zero-order chi connectivity index (χ0) is 22.0. The molecule has 7 nitrogen and oxygen atoms in total. The Morgan fingerprint density at radius 1 is 0.774 bits per heavy atom. The summed E-state index contributed by atoms with van der Waals surface area (Å²) in [5, 5.41) is 9.95. The van der Waals surface area contributed by atoms with E-state index in [9.17, 15) is 19.6 Å². The Labute approximate surface area is 178 Å². The fourth-order valence-electron chi connectivity index (χ4n) is 3.78. The maximum Gasteiger partial charge on any atom is 0.261 e. The molecule has 1 aliphatic heterocycles. The van der Waals surface area contributed by atoms with Crippen molar-refractivity contribution in [1.29, 1.82) is 5.26 Å². The largest absolute Gasteiger partial charge is 0.366 e. The van der Waals surface area contributed by atoms with E-state index in [1.807, 2.05) is 0 Å². The highest BCUT2D eigenvalue weighted by molar-refractivity contribution is 6.12. The van der Waals surface area contributed by atoms with E-state index in [0.717, 1.165) is 4.90 Å². The Kier molecular flexibility index (Phi) is 5.21. The summed E-state index contributed by atoms with van der Waals surface area (Å²) in [7, 11) is 0. The van der Waals surface area contributed by atoms with Crippen LogP contribution in [0.5, 0.6) is 0 Å². The van der Waals surface area contributed by atoms with Crippen molar-refractivity contribution < 1.29 is 14.4 Å². The first kappa shape index (κ1) is 19.9. The Bertz CT molecular complexity index is 1190. The third-order valence-electron chi connectivity index (χ3n) is 5.15. The van der Waals surface area contributed by atoms with Gasteiger partial charge in [0.25, 0.3) is 17.7 Å². The van der Waals surface area contributed by atoms with Gasteiger partial charge in [0.05, 0.1) is 11.8 Å². The molecule has 3 amide bonds. The second-order valence-corrected chi connectivity index (χ2v) is 6.99. The lowest BCUT2D eigenvalue weighted by atomic mass is 9.96. The second kappa shape index (κ2) is 8.13. The van der Waals surface area contributed by atoms with Crippen molar-refractivity contribution in [2.24, 2.45) is 5.73 Å². The normalized spacial score (nSPS) is 17.4. The minimum atomic E-state index is -1.47. The van der Waals surface area contributed by atoms with Crippen molar-refractivity contribution in [3.8, 4) is 6.07 Å². The fraction of sp³-hybridized carbons (Fsp3) is 0.0833. The van der Waals surface area contributed by atoms with Crippen LogP contribution < -0.4 is 10.6 Å². The molecule has 3 aromatic carbocycles. The van der Waals surface area contributed by atoms with E-state index in [4.69, 9.17) is 5.73 Å².